The molecule has 0 aliphatic carbocycles. The molecule has 1 heterocycles. The van der Waals surface area contributed by atoms with Crippen LogP contribution in [-0.4, -0.2) is 4.98 Å². The zero-order valence-corrected chi connectivity index (χ0v) is 9.67. The molecule has 1 aromatic carbocycles. The SMILES string of the molecule is CC.CCC.[HH].c1ccc2[nH]ccc2c1. The van der Waals surface area contributed by atoms with Crippen LogP contribution in [0.25, 0.3) is 10.9 Å². The topological polar surface area (TPSA) is 15.8 Å². The van der Waals surface area contributed by atoms with Crippen LogP contribution in [0.15, 0.2) is 36.5 Å². The Morgan fingerprint density at radius 1 is 1.07 bits per heavy atom. The molecular weight excluding hydrogens is 170 g/mol. The predicted molar refractivity (Wildman–Crippen MR) is 67.7 cm³/mol. The minimum Gasteiger partial charge on any atom is -0.361 e. The lowest BCUT2D eigenvalue weighted by Gasteiger charge is -1.83. The first kappa shape index (κ1) is 12.8. The van der Waals surface area contributed by atoms with Gasteiger partial charge in [-0.1, -0.05) is 52.3 Å². The maximum Gasteiger partial charge on any atom is 0.0453 e. The third-order valence-corrected chi connectivity index (χ3v) is 1.46. The second kappa shape index (κ2) is 8.36. The van der Waals surface area contributed by atoms with Gasteiger partial charge in [0.1, 0.15) is 0 Å². The number of rotatable bonds is 0. The Hall–Kier alpha value is -1.24. The minimum atomic E-state index is 0. The molecule has 0 saturated carbocycles. The number of hydrogen-bond donors (Lipinski definition) is 1. The number of fused-ring (bicyclic) bond motifs is 1. The number of para-hydroxylation sites is 1. The lowest BCUT2D eigenvalue weighted by molar-refractivity contribution is 1.09. The van der Waals surface area contributed by atoms with Crippen molar-refractivity contribution in [2.45, 2.75) is 34.1 Å². The molecule has 1 nitrogen and oxygen atoms in total. The van der Waals surface area contributed by atoms with Crippen LogP contribution >= 0.6 is 0 Å². The van der Waals surface area contributed by atoms with Crippen molar-refractivity contribution in [2.75, 3.05) is 0 Å². The quantitative estimate of drug-likeness (QED) is 0.615. The van der Waals surface area contributed by atoms with Crippen molar-refractivity contribution < 1.29 is 1.43 Å². The molecule has 0 radical (unpaired) electrons. The summed E-state index contributed by atoms with van der Waals surface area (Å²) in [5.41, 5.74) is 1.21. The summed E-state index contributed by atoms with van der Waals surface area (Å²) < 4.78 is 0. The molecule has 2 rings (SSSR count). The highest BCUT2D eigenvalue weighted by Crippen LogP contribution is 2.09. The van der Waals surface area contributed by atoms with E-state index in [9.17, 15) is 0 Å². The predicted octanol–water partition coefficient (Wildman–Crippen LogP) is 4.86. The van der Waals surface area contributed by atoms with Crippen LogP contribution < -0.4 is 0 Å². The van der Waals surface area contributed by atoms with Crippen molar-refractivity contribution in [3.63, 3.8) is 0 Å². The number of H-pyrrole nitrogens is 1. The van der Waals surface area contributed by atoms with Crippen LogP contribution in [0.3, 0.4) is 0 Å². The Bertz CT molecular complexity index is 298. The zero-order valence-electron chi connectivity index (χ0n) is 9.67. The summed E-state index contributed by atoms with van der Waals surface area (Å²) >= 11 is 0. The Morgan fingerprint density at radius 2 is 1.64 bits per heavy atom. The fourth-order valence-electron chi connectivity index (χ4n) is 0.995. The van der Waals surface area contributed by atoms with E-state index in [0.717, 1.165) is 0 Å². The standard InChI is InChI=1S/C8H7N.C3H8.C2H6.H2/c1-2-4-8-7(3-1)5-6-9-8;1-3-2;1-2;/h1-6,9H;3H2,1-2H3;1-2H3;1H. The van der Waals surface area contributed by atoms with E-state index in [0.29, 0.717) is 0 Å². The van der Waals surface area contributed by atoms with Gasteiger partial charge >= 0.3 is 0 Å². The van der Waals surface area contributed by atoms with Crippen LogP contribution in [0.1, 0.15) is 35.5 Å². The summed E-state index contributed by atoms with van der Waals surface area (Å²) in [5, 5.41) is 1.28. The minimum absolute atomic E-state index is 0. The normalized spacial score (nSPS) is 8.29. The van der Waals surface area contributed by atoms with E-state index in [1.54, 1.807) is 0 Å². The van der Waals surface area contributed by atoms with Crippen LogP contribution in [0.4, 0.5) is 0 Å². The first-order valence-electron chi connectivity index (χ1n) is 5.40. The summed E-state index contributed by atoms with van der Waals surface area (Å²) in [4.78, 5) is 3.12. The lowest BCUT2D eigenvalue weighted by Crippen LogP contribution is -1.61. The molecule has 0 unspecified atom stereocenters. The van der Waals surface area contributed by atoms with E-state index in [4.69, 9.17) is 0 Å². The fraction of sp³-hybridized carbons (Fsp3) is 0.385. The second-order valence-corrected chi connectivity index (χ2v) is 2.77. The highest BCUT2D eigenvalue weighted by atomic mass is 14.6. The molecule has 14 heavy (non-hydrogen) atoms. The summed E-state index contributed by atoms with van der Waals surface area (Å²) in [6.07, 6.45) is 3.20. The molecule has 1 aromatic heterocycles. The Balaban J connectivity index is 0. The molecule has 0 aliphatic rings. The van der Waals surface area contributed by atoms with E-state index in [-0.39, 0.29) is 1.43 Å². The second-order valence-electron chi connectivity index (χ2n) is 2.77. The smallest absolute Gasteiger partial charge is 0.0453 e. The Morgan fingerprint density at radius 3 is 2.21 bits per heavy atom. The summed E-state index contributed by atoms with van der Waals surface area (Å²) in [5.74, 6) is 0. The number of hydrogen-bond acceptors (Lipinski definition) is 0. The molecular formula is C13H23N. The molecule has 1 N–H and O–H groups in total. The van der Waals surface area contributed by atoms with E-state index in [1.807, 2.05) is 32.2 Å². The van der Waals surface area contributed by atoms with Gasteiger partial charge in [0, 0.05) is 13.1 Å². The summed E-state index contributed by atoms with van der Waals surface area (Å²) in [6, 6.07) is 10.3. The Labute approximate surface area is 88.6 Å². The molecule has 1 heteroatoms. The van der Waals surface area contributed by atoms with E-state index >= 15 is 0 Å². The van der Waals surface area contributed by atoms with Crippen molar-refractivity contribution in [3.05, 3.63) is 36.5 Å². The average molecular weight is 193 g/mol. The highest BCUT2D eigenvalue weighted by Gasteiger charge is 1.86. The van der Waals surface area contributed by atoms with Crippen LogP contribution in [0.2, 0.25) is 0 Å². The molecule has 0 amide bonds. The number of aromatic amines is 1. The molecule has 0 atom stereocenters. The monoisotopic (exact) mass is 193 g/mol. The average Bonchev–Trinajstić information content (AvgIpc) is 2.69. The van der Waals surface area contributed by atoms with Gasteiger partial charge in [0.25, 0.3) is 0 Å². The third kappa shape index (κ3) is 4.13. The molecule has 0 bridgehead atoms. The van der Waals surface area contributed by atoms with Gasteiger partial charge in [-0.05, 0) is 17.5 Å². The van der Waals surface area contributed by atoms with Crippen molar-refractivity contribution in [2.24, 2.45) is 0 Å². The summed E-state index contributed by atoms with van der Waals surface area (Å²) in [7, 11) is 0. The van der Waals surface area contributed by atoms with Gasteiger partial charge in [-0.3, -0.25) is 0 Å². The number of nitrogens with one attached hydrogen (secondary N) is 1. The van der Waals surface area contributed by atoms with Gasteiger partial charge in [0.2, 0.25) is 0 Å². The third-order valence-electron chi connectivity index (χ3n) is 1.46. The van der Waals surface area contributed by atoms with Gasteiger partial charge in [-0.15, -0.1) is 0 Å². The van der Waals surface area contributed by atoms with E-state index in [2.05, 4.69) is 37.0 Å². The van der Waals surface area contributed by atoms with E-state index in [1.165, 1.54) is 17.3 Å². The van der Waals surface area contributed by atoms with Gasteiger partial charge in [0.05, 0.1) is 0 Å². The van der Waals surface area contributed by atoms with Gasteiger partial charge in [-0.25, -0.2) is 0 Å². The van der Waals surface area contributed by atoms with Crippen LogP contribution in [0, 0.1) is 0 Å². The van der Waals surface area contributed by atoms with Gasteiger partial charge in [-0.2, -0.15) is 0 Å². The lowest BCUT2D eigenvalue weighted by atomic mass is 10.3. The molecule has 0 aliphatic heterocycles. The summed E-state index contributed by atoms with van der Waals surface area (Å²) in [6.45, 7) is 8.25. The maximum absolute atomic E-state index is 3.12. The van der Waals surface area contributed by atoms with Crippen molar-refractivity contribution in [3.8, 4) is 0 Å². The molecule has 0 spiro atoms. The zero-order chi connectivity index (χ0) is 10.8. The number of aromatic nitrogens is 1. The maximum atomic E-state index is 3.12. The van der Waals surface area contributed by atoms with Crippen molar-refractivity contribution in [1.82, 2.24) is 4.98 Å². The fourth-order valence-corrected chi connectivity index (χ4v) is 0.995. The first-order chi connectivity index (χ1) is 6.88. The Kier molecular flexibility index (Phi) is 7.62. The molecule has 0 saturated heterocycles. The van der Waals surface area contributed by atoms with E-state index < -0.39 is 0 Å². The first-order valence-corrected chi connectivity index (χ1v) is 5.40. The highest BCUT2D eigenvalue weighted by molar-refractivity contribution is 5.78. The van der Waals surface area contributed by atoms with Gasteiger partial charge < -0.3 is 4.98 Å². The van der Waals surface area contributed by atoms with Crippen LogP contribution in [-0.2, 0) is 0 Å². The van der Waals surface area contributed by atoms with Crippen molar-refractivity contribution >= 4 is 10.9 Å². The van der Waals surface area contributed by atoms with Gasteiger partial charge in [0.15, 0.2) is 0 Å². The van der Waals surface area contributed by atoms with Crippen molar-refractivity contribution in [1.29, 1.82) is 0 Å². The number of benzene rings is 1. The molecule has 80 valence electrons. The molecule has 0 fully saturated rings. The largest absolute Gasteiger partial charge is 0.361 e. The van der Waals surface area contributed by atoms with Crippen LogP contribution in [0.5, 0.6) is 0 Å². The molecule has 2 aromatic rings.